The Labute approximate surface area is 131 Å². The standard InChI is InChI=1S/C14H9F5N2O3/c1-23-11-9(3-2-8(15)10(11)16)24-13-7(12(20)22)4-6(5-21-13)14(17,18)19/h2-5H,1H3,(H2,20,22). The molecule has 0 bridgehead atoms. The van der Waals surface area contributed by atoms with Gasteiger partial charge in [0, 0.05) is 6.20 Å². The van der Waals surface area contributed by atoms with E-state index in [1.807, 2.05) is 0 Å². The van der Waals surface area contributed by atoms with Crippen molar-refractivity contribution >= 4 is 5.91 Å². The van der Waals surface area contributed by atoms with Gasteiger partial charge in [-0.05, 0) is 18.2 Å². The molecule has 2 rings (SSSR count). The lowest BCUT2D eigenvalue weighted by atomic mass is 10.2. The lowest BCUT2D eigenvalue weighted by Crippen LogP contribution is -2.16. The van der Waals surface area contributed by atoms with Gasteiger partial charge < -0.3 is 15.2 Å². The van der Waals surface area contributed by atoms with Crippen LogP contribution < -0.4 is 15.2 Å². The summed E-state index contributed by atoms with van der Waals surface area (Å²) in [5.74, 6) is -5.50. The number of hydrogen-bond acceptors (Lipinski definition) is 4. The summed E-state index contributed by atoms with van der Waals surface area (Å²) in [5, 5.41) is 0. The molecule has 1 aromatic heterocycles. The number of carbonyl (C=O) groups excluding carboxylic acids is 1. The van der Waals surface area contributed by atoms with Gasteiger partial charge in [-0.1, -0.05) is 0 Å². The zero-order valence-corrected chi connectivity index (χ0v) is 11.9. The number of pyridine rings is 1. The number of amides is 1. The van der Waals surface area contributed by atoms with Crippen LogP contribution in [0.25, 0.3) is 0 Å². The quantitative estimate of drug-likeness (QED) is 0.861. The van der Waals surface area contributed by atoms with Crippen molar-refractivity contribution in [3.63, 3.8) is 0 Å². The predicted octanol–water partition coefficient (Wildman–Crippen LogP) is 3.28. The van der Waals surface area contributed by atoms with E-state index < -0.39 is 52.2 Å². The minimum absolute atomic E-state index is 0.397. The highest BCUT2D eigenvalue weighted by molar-refractivity contribution is 5.95. The van der Waals surface area contributed by atoms with E-state index >= 15 is 0 Å². The van der Waals surface area contributed by atoms with Crippen molar-refractivity contribution in [2.45, 2.75) is 6.18 Å². The maximum Gasteiger partial charge on any atom is 0.417 e. The number of methoxy groups -OCH3 is 1. The van der Waals surface area contributed by atoms with Crippen molar-refractivity contribution < 1.29 is 36.2 Å². The van der Waals surface area contributed by atoms with Crippen molar-refractivity contribution in [3.05, 3.63) is 47.2 Å². The van der Waals surface area contributed by atoms with Crippen LogP contribution in [0.5, 0.6) is 17.4 Å². The van der Waals surface area contributed by atoms with Crippen molar-refractivity contribution in [2.24, 2.45) is 5.73 Å². The molecule has 2 aromatic rings. The second-order valence-corrected chi connectivity index (χ2v) is 4.43. The molecule has 0 atom stereocenters. The van der Waals surface area contributed by atoms with Crippen LogP contribution in [0, 0.1) is 11.6 Å². The molecule has 0 aliphatic heterocycles. The van der Waals surface area contributed by atoms with Crippen molar-refractivity contribution in [1.29, 1.82) is 0 Å². The summed E-state index contributed by atoms with van der Waals surface area (Å²) < 4.78 is 74.5. The molecule has 128 valence electrons. The Morgan fingerprint density at radius 2 is 1.92 bits per heavy atom. The van der Waals surface area contributed by atoms with E-state index in [2.05, 4.69) is 9.72 Å². The number of primary amides is 1. The Bertz CT molecular complexity index is 793. The van der Waals surface area contributed by atoms with Gasteiger partial charge in [-0.15, -0.1) is 0 Å². The van der Waals surface area contributed by atoms with Crippen LogP contribution in [-0.2, 0) is 6.18 Å². The Kier molecular flexibility index (Phi) is 4.58. The number of alkyl halides is 3. The molecule has 1 aromatic carbocycles. The monoisotopic (exact) mass is 348 g/mol. The summed E-state index contributed by atoms with van der Waals surface area (Å²) in [6.07, 6.45) is -4.34. The zero-order chi connectivity index (χ0) is 18.1. The molecular formula is C14H9F5N2O3. The highest BCUT2D eigenvalue weighted by Gasteiger charge is 2.33. The van der Waals surface area contributed by atoms with E-state index in [1.165, 1.54) is 0 Å². The maximum absolute atomic E-state index is 13.6. The first-order valence-electron chi connectivity index (χ1n) is 6.22. The van der Waals surface area contributed by atoms with Gasteiger partial charge in [0.1, 0.15) is 5.56 Å². The van der Waals surface area contributed by atoms with E-state index in [0.29, 0.717) is 18.3 Å². The summed E-state index contributed by atoms with van der Waals surface area (Å²) in [4.78, 5) is 14.7. The Morgan fingerprint density at radius 3 is 2.46 bits per heavy atom. The van der Waals surface area contributed by atoms with Crippen LogP contribution in [0.1, 0.15) is 15.9 Å². The number of hydrogen-bond donors (Lipinski definition) is 1. The fourth-order valence-corrected chi connectivity index (χ4v) is 1.75. The molecule has 0 unspecified atom stereocenters. The fourth-order valence-electron chi connectivity index (χ4n) is 1.75. The molecule has 10 heteroatoms. The Morgan fingerprint density at radius 1 is 1.25 bits per heavy atom. The largest absolute Gasteiger partial charge is 0.490 e. The molecule has 5 nitrogen and oxygen atoms in total. The van der Waals surface area contributed by atoms with E-state index in [-0.39, 0.29) is 0 Å². The first kappa shape index (κ1) is 17.4. The number of nitrogens with zero attached hydrogens (tertiary/aromatic N) is 1. The van der Waals surface area contributed by atoms with Gasteiger partial charge in [-0.25, -0.2) is 9.37 Å². The molecule has 0 fully saturated rings. The van der Waals surface area contributed by atoms with E-state index in [9.17, 15) is 26.7 Å². The highest BCUT2D eigenvalue weighted by atomic mass is 19.4. The minimum atomic E-state index is -4.75. The molecule has 0 radical (unpaired) electrons. The lowest BCUT2D eigenvalue weighted by molar-refractivity contribution is -0.137. The number of benzene rings is 1. The summed E-state index contributed by atoms with van der Waals surface area (Å²) in [6, 6.07) is 2.11. The maximum atomic E-state index is 13.6. The van der Waals surface area contributed by atoms with Crippen LogP contribution >= 0.6 is 0 Å². The second-order valence-electron chi connectivity index (χ2n) is 4.43. The molecule has 0 aliphatic carbocycles. The molecule has 0 saturated heterocycles. The number of aromatic nitrogens is 1. The van der Waals surface area contributed by atoms with Crippen LogP contribution in [0.3, 0.4) is 0 Å². The minimum Gasteiger partial charge on any atom is -0.490 e. The average molecular weight is 348 g/mol. The van der Waals surface area contributed by atoms with Crippen LogP contribution in [0.2, 0.25) is 0 Å². The van der Waals surface area contributed by atoms with E-state index in [4.69, 9.17) is 10.5 Å². The van der Waals surface area contributed by atoms with Gasteiger partial charge in [0.25, 0.3) is 5.91 Å². The molecule has 1 heterocycles. The summed E-state index contributed by atoms with van der Waals surface area (Å²) in [5.41, 5.74) is 3.11. The van der Waals surface area contributed by atoms with Crippen LogP contribution in [-0.4, -0.2) is 18.0 Å². The molecule has 2 N–H and O–H groups in total. The third-order valence-electron chi connectivity index (χ3n) is 2.87. The Hall–Kier alpha value is -2.91. The van der Waals surface area contributed by atoms with Gasteiger partial charge in [-0.2, -0.15) is 17.6 Å². The first-order chi connectivity index (χ1) is 11.1. The first-order valence-corrected chi connectivity index (χ1v) is 6.22. The van der Waals surface area contributed by atoms with E-state index in [0.717, 1.165) is 13.2 Å². The third kappa shape index (κ3) is 3.36. The fraction of sp³-hybridized carbons (Fsp3) is 0.143. The number of carbonyl (C=O) groups is 1. The number of rotatable bonds is 4. The smallest absolute Gasteiger partial charge is 0.417 e. The van der Waals surface area contributed by atoms with Gasteiger partial charge in [0.05, 0.1) is 12.7 Å². The van der Waals surface area contributed by atoms with Gasteiger partial charge in [0.2, 0.25) is 17.4 Å². The molecular weight excluding hydrogens is 339 g/mol. The number of ether oxygens (including phenoxy) is 2. The van der Waals surface area contributed by atoms with Gasteiger partial charge in [-0.3, -0.25) is 4.79 Å². The van der Waals surface area contributed by atoms with Gasteiger partial charge >= 0.3 is 6.18 Å². The van der Waals surface area contributed by atoms with Crippen molar-refractivity contribution in [1.82, 2.24) is 4.98 Å². The molecule has 0 saturated carbocycles. The molecule has 24 heavy (non-hydrogen) atoms. The van der Waals surface area contributed by atoms with Crippen LogP contribution in [0.15, 0.2) is 24.4 Å². The normalized spacial score (nSPS) is 11.2. The lowest BCUT2D eigenvalue weighted by Gasteiger charge is -2.14. The number of halogens is 5. The van der Waals surface area contributed by atoms with Crippen LogP contribution in [0.4, 0.5) is 22.0 Å². The molecule has 0 aliphatic rings. The van der Waals surface area contributed by atoms with E-state index in [1.54, 1.807) is 0 Å². The third-order valence-corrected chi connectivity index (χ3v) is 2.87. The predicted molar refractivity (Wildman–Crippen MR) is 70.7 cm³/mol. The SMILES string of the molecule is COc1c(Oc2ncc(C(F)(F)F)cc2C(N)=O)ccc(F)c1F. The summed E-state index contributed by atoms with van der Waals surface area (Å²) in [7, 11) is 1.03. The summed E-state index contributed by atoms with van der Waals surface area (Å²) >= 11 is 0. The van der Waals surface area contributed by atoms with Crippen molar-refractivity contribution in [3.8, 4) is 17.4 Å². The second kappa shape index (κ2) is 6.30. The van der Waals surface area contributed by atoms with Gasteiger partial charge in [0.15, 0.2) is 11.6 Å². The zero-order valence-electron chi connectivity index (χ0n) is 11.9. The average Bonchev–Trinajstić information content (AvgIpc) is 2.50. The highest BCUT2D eigenvalue weighted by Crippen LogP contribution is 2.37. The number of nitrogens with two attached hydrogens (primary N) is 1. The van der Waals surface area contributed by atoms with Crippen molar-refractivity contribution in [2.75, 3.05) is 7.11 Å². The molecule has 0 spiro atoms. The molecule has 1 amide bonds. The summed E-state index contributed by atoms with van der Waals surface area (Å²) in [6.45, 7) is 0. The topological polar surface area (TPSA) is 74.4 Å². The Balaban J connectivity index is 2.51.